The topological polar surface area (TPSA) is 94.2 Å². The van der Waals surface area contributed by atoms with E-state index in [-0.39, 0.29) is 37.1 Å². The van der Waals surface area contributed by atoms with Crippen LogP contribution in [-0.2, 0) is 22.7 Å². The van der Waals surface area contributed by atoms with E-state index < -0.39 is 11.9 Å². The van der Waals surface area contributed by atoms with Gasteiger partial charge in [-0.3, -0.25) is 24.6 Å². The summed E-state index contributed by atoms with van der Waals surface area (Å²) in [5.41, 5.74) is 2.44. The average molecular weight is 510 g/mol. The number of carbonyl (C=O) groups excluding carboxylic acids is 3. The van der Waals surface area contributed by atoms with Crippen molar-refractivity contribution < 1.29 is 23.5 Å². The highest BCUT2D eigenvalue weighted by Gasteiger charge is 2.39. The third-order valence-corrected chi connectivity index (χ3v) is 7.34. The summed E-state index contributed by atoms with van der Waals surface area (Å²) in [6.07, 6.45) is 0.509. The van der Waals surface area contributed by atoms with E-state index in [0.717, 1.165) is 38.3 Å². The lowest BCUT2D eigenvalue weighted by Crippen LogP contribution is -2.52. The van der Waals surface area contributed by atoms with Gasteiger partial charge in [0.15, 0.2) is 0 Å². The first-order chi connectivity index (χ1) is 17.9. The molecule has 10 heteroatoms. The van der Waals surface area contributed by atoms with Crippen LogP contribution in [0.2, 0.25) is 0 Å². The molecule has 9 nitrogen and oxygen atoms in total. The number of carbonyl (C=O) groups is 3. The number of hydrogen-bond acceptors (Lipinski definition) is 7. The molecular weight excluding hydrogens is 477 g/mol. The molecule has 2 N–H and O–H groups in total. The summed E-state index contributed by atoms with van der Waals surface area (Å²) in [6, 6.07) is 9.41. The van der Waals surface area contributed by atoms with Gasteiger partial charge in [0.05, 0.1) is 0 Å². The monoisotopic (exact) mass is 509 g/mol. The molecule has 2 saturated heterocycles. The first-order valence-corrected chi connectivity index (χ1v) is 12.7. The van der Waals surface area contributed by atoms with Crippen LogP contribution in [0.3, 0.4) is 0 Å². The average Bonchev–Trinajstić information content (AvgIpc) is 3.22. The molecule has 37 heavy (non-hydrogen) atoms. The molecule has 2 fully saturated rings. The third-order valence-electron chi connectivity index (χ3n) is 7.34. The number of nitrogens with zero attached hydrogens (tertiary/aromatic N) is 3. The maximum Gasteiger partial charge on any atom is 0.255 e. The summed E-state index contributed by atoms with van der Waals surface area (Å²) in [7, 11) is 2.12. The number of hydrogen-bond donors (Lipinski definition) is 2. The number of piperidine rings is 1. The molecule has 0 saturated carbocycles. The predicted molar refractivity (Wildman–Crippen MR) is 136 cm³/mol. The van der Waals surface area contributed by atoms with Gasteiger partial charge in [0.1, 0.15) is 24.2 Å². The molecule has 2 aromatic rings. The predicted octanol–water partition coefficient (Wildman–Crippen LogP) is 1.83. The summed E-state index contributed by atoms with van der Waals surface area (Å²) < 4.78 is 20.5. The Kier molecular flexibility index (Phi) is 7.38. The fourth-order valence-corrected chi connectivity index (χ4v) is 5.08. The Bertz CT molecular complexity index is 1200. The Labute approximate surface area is 215 Å². The van der Waals surface area contributed by atoms with Crippen molar-refractivity contribution in [3.05, 3.63) is 58.9 Å². The van der Waals surface area contributed by atoms with Crippen molar-refractivity contribution in [3.8, 4) is 5.75 Å². The zero-order valence-corrected chi connectivity index (χ0v) is 21.0. The van der Waals surface area contributed by atoms with Crippen molar-refractivity contribution in [1.29, 1.82) is 0 Å². The minimum Gasteiger partial charge on any atom is -0.492 e. The summed E-state index contributed by atoms with van der Waals surface area (Å²) in [4.78, 5) is 43.0. The number of imide groups is 1. The number of amides is 3. The van der Waals surface area contributed by atoms with Crippen molar-refractivity contribution in [2.45, 2.75) is 32.0 Å². The second kappa shape index (κ2) is 10.9. The normalized spacial score (nSPS) is 20.6. The van der Waals surface area contributed by atoms with Gasteiger partial charge in [0.2, 0.25) is 11.8 Å². The molecule has 3 heterocycles. The molecule has 0 bridgehead atoms. The molecule has 3 aliphatic rings. The molecular formula is C27H32FN5O4. The lowest BCUT2D eigenvalue weighted by molar-refractivity contribution is -0.136. The minimum absolute atomic E-state index is 0.203. The highest BCUT2D eigenvalue weighted by atomic mass is 19.1. The Hall–Kier alpha value is -3.50. The zero-order valence-electron chi connectivity index (χ0n) is 21.0. The maximum absolute atomic E-state index is 14.6. The standard InChI is InChI=1S/C27H32FN5O4/c1-31-9-11-32(12-10-31)13-14-37-19-5-6-22(28)18(15-19)16-29-23-4-2-3-20-21(23)17-33(27(20)36)24-7-8-25(34)30-26(24)35/h2-6,15,24,29H,7-14,16-17H2,1H3,(H,30,34,35)/t24-/m1/s1. The van der Waals surface area contributed by atoms with Crippen LogP contribution in [0.4, 0.5) is 10.1 Å². The van der Waals surface area contributed by atoms with Crippen LogP contribution in [0.1, 0.15) is 34.3 Å². The number of nitrogens with one attached hydrogen (secondary N) is 2. The minimum atomic E-state index is -0.678. The SMILES string of the molecule is CN1CCN(CCOc2ccc(F)c(CNc3cccc4c3CN([C@@H]3CCC(=O)NC3=O)C4=O)c2)CC1. The van der Waals surface area contributed by atoms with Crippen molar-refractivity contribution in [3.63, 3.8) is 0 Å². The number of fused-ring (bicyclic) bond motifs is 1. The van der Waals surface area contributed by atoms with E-state index in [0.29, 0.717) is 35.6 Å². The number of halogens is 1. The van der Waals surface area contributed by atoms with Crippen molar-refractivity contribution in [2.75, 3.05) is 51.7 Å². The highest BCUT2D eigenvalue weighted by Crippen LogP contribution is 2.32. The van der Waals surface area contributed by atoms with Gasteiger partial charge >= 0.3 is 0 Å². The zero-order chi connectivity index (χ0) is 25.9. The number of piperazine rings is 1. The molecule has 0 unspecified atom stereocenters. The number of likely N-dealkylation sites (N-methyl/N-ethyl adjacent to an activating group) is 1. The molecule has 0 spiro atoms. The van der Waals surface area contributed by atoms with Crippen LogP contribution in [-0.4, -0.2) is 84.8 Å². The Morgan fingerprint density at radius 3 is 2.70 bits per heavy atom. The molecule has 0 aromatic heterocycles. The number of benzene rings is 2. The lowest BCUT2D eigenvalue weighted by atomic mass is 10.0. The van der Waals surface area contributed by atoms with Crippen molar-refractivity contribution in [1.82, 2.24) is 20.0 Å². The highest BCUT2D eigenvalue weighted by molar-refractivity contribution is 6.06. The van der Waals surface area contributed by atoms with Crippen molar-refractivity contribution >= 4 is 23.4 Å². The summed E-state index contributed by atoms with van der Waals surface area (Å²) >= 11 is 0. The fourth-order valence-electron chi connectivity index (χ4n) is 5.08. The Balaban J connectivity index is 1.21. The van der Waals surface area contributed by atoms with Crippen LogP contribution in [0.5, 0.6) is 5.75 Å². The van der Waals surface area contributed by atoms with Gasteiger partial charge in [0, 0.05) is 74.6 Å². The number of anilines is 1. The van der Waals surface area contributed by atoms with E-state index in [4.69, 9.17) is 4.74 Å². The molecule has 1 atom stereocenters. The van der Waals surface area contributed by atoms with E-state index in [9.17, 15) is 18.8 Å². The fraction of sp³-hybridized carbons (Fsp3) is 0.444. The molecule has 3 amide bonds. The van der Waals surface area contributed by atoms with Gasteiger partial charge in [-0.05, 0) is 43.8 Å². The quantitative estimate of drug-likeness (QED) is 0.525. The molecule has 3 aliphatic heterocycles. The lowest BCUT2D eigenvalue weighted by Gasteiger charge is -2.32. The maximum atomic E-state index is 14.6. The van der Waals surface area contributed by atoms with Gasteiger partial charge in [-0.15, -0.1) is 0 Å². The second-order valence-corrected chi connectivity index (χ2v) is 9.83. The van der Waals surface area contributed by atoms with Gasteiger partial charge in [0.25, 0.3) is 5.91 Å². The Morgan fingerprint density at radius 2 is 1.92 bits per heavy atom. The van der Waals surface area contributed by atoms with Crippen LogP contribution >= 0.6 is 0 Å². The van der Waals surface area contributed by atoms with E-state index >= 15 is 0 Å². The number of rotatable bonds is 8. The van der Waals surface area contributed by atoms with Gasteiger partial charge < -0.3 is 19.9 Å². The van der Waals surface area contributed by atoms with Crippen LogP contribution in [0, 0.1) is 5.82 Å². The van der Waals surface area contributed by atoms with E-state index in [2.05, 4.69) is 27.5 Å². The van der Waals surface area contributed by atoms with Crippen LogP contribution in [0.15, 0.2) is 36.4 Å². The van der Waals surface area contributed by atoms with E-state index in [1.54, 1.807) is 24.3 Å². The van der Waals surface area contributed by atoms with E-state index in [1.165, 1.54) is 11.0 Å². The number of ether oxygens (including phenoxy) is 1. The van der Waals surface area contributed by atoms with E-state index in [1.807, 2.05) is 6.07 Å². The van der Waals surface area contributed by atoms with Gasteiger partial charge in [-0.2, -0.15) is 0 Å². The third kappa shape index (κ3) is 5.60. The van der Waals surface area contributed by atoms with Crippen LogP contribution < -0.4 is 15.4 Å². The van der Waals surface area contributed by atoms with Crippen LogP contribution in [0.25, 0.3) is 0 Å². The molecule has 0 radical (unpaired) electrons. The molecule has 0 aliphatic carbocycles. The van der Waals surface area contributed by atoms with Gasteiger partial charge in [-0.1, -0.05) is 6.07 Å². The smallest absolute Gasteiger partial charge is 0.255 e. The molecule has 5 rings (SSSR count). The molecule has 2 aromatic carbocycles. The summed E-state index contributed by atoms with van der Waals surface area (Å²) in [5, 5.41) is 5.58. The first-order valence-electron chi connectivity index (χ1n) is 12.7. The van der Waals surface area contributed by atoms with Gasteiger partial charge in [-0.25, -0.2) is 4.39 Å². The molecule has 196 valence electrons. The summed E-state index contributed by atoms with van der Waals surface area (Å²) in [5.74, 6) is -0.730. The summed E-state index contributed by atoms with van der Waals surface area (Å²) in [6.45, 7) is 5.96. The Morgan fingerprint density at radius 1 is 1.11 bits per heavy atom. The second-order valence-electron chi connectivity index (χ2n) is 9.83. The van der Waals surface area contributed by atoms with Crippen molar-refractivity contribution in [2.24, 2.45) is 0 Å². The largest absolute Gasteiger partial charge is 0.492 e. The first kappa shape index (κ1) is 25.2.